The number of nitrogens with zero attached hydrogens (tertiary/aromatic N) is 2. The summed E-state index contributed by atoms with van der Waals surface area (Å²) in [7, 11) is 3.42. The quantitative estimate of drug-likeness (QED) is 0.431. The fourth-order valence-electron chi connectivity index (χ4n) is 5.33. The van der Waals surface area contributed by atoms with Crippen LogP contribution in [0.5, 0.6) is 11.5 Å². The predicted molar refractivity (Wildman–Crippen MR) is 134 cm³/mol. The molecule has 4 aromatic rings. The van der Waals surface area contributed by atoms with E-state index in [1.54, 1.807) is 14.2 Å². The molecule has 6 nitrogen and oxygen atoms in total. The first-order valence-electron chi connectivity index (χ1n) is 11.7. The number of nitrogens with one attached hydrogen (secondary N) is 2. The van der Waals surface area contributed by atoms with Crippen LogP contribution in [0.4, 0.5) is 0 Å². The molecule has 0 saturated heterocycles. The Morgan fingerprint density at radius 1 is 0.727 bits per heavy atom. The lowest BCUT2D eigenvalue weighted by molar-refractivity contribution is 0.415. The van der Waals surface area contributed by atoms with Crippen LogP contribution in [0.25, 0.3) is 21.8 Å². The van der Waals surface area contributed by atoms with Crippen molar-refractivity contribution in [2.45, 2.75) is 32.1 Å². The smallest absolute Gasteiger partial charge is 0.120 e. The summed E-state index contributed by atoms with van der Waals surface area (Å²) in [5.74, 6) is 1.75. The number of fused-ring (bicyclic) bond motifs is 6. The van der Waals surface area contributed by atoms with E-state index >= 15 is 0 Å². The fourth-order valence-corrected chi connectivity index (χ4v) is 5.33. The van der Waals surface area contributed by atoms with E-state index in [4.69, 9.17) is 19.5 Å². The summed E-state index contributed by atoms with van der Waals surface area (Å²) < 4.78 is 10.8. The van der Waals surface area contributed by atoms with Gasteiger partial charge in [0, 0.05) is 47.0 Å². The molecule has 0 atom stereocenters. The first kappa shape index (κ1) is 20.1. The molecular weight excluding hydrogens is 412 g/mol. The normalized spacial score (nSPS) is 15.2. The van der Waals surface area contributed by atoms with Crippen molar-refractivity contribution >= 4 is 33.2 Å². The number of methoxy groups -OCH3 is 2. The van der Waals surface area contributed by atoms with Crippen LogP contribution in [0.1, 0.15) is 41.8 Å². The summed E-state index contributed by atoms with van der Waals surface area (Å²) in [6.45, 7) is 1.71. The van der Waals surface area contributed by atoms with Gasteiger partial charge in [0.2, 0.25) is 0 Å². The van der Waals surface area contributed by atoms with E-state index < -0.39 is 0 Å². The Morgan fingerprint density at radius 3 is 1.67 bits per heavy atom. The largest absolute Gasteiger partial charge is 0.497 e. The Labute approximate surface area is 192 Å². The molecule has 0 fully saturated rings. The van der Waals surface area contributed by atoms with Crippen molar-refractivity contribution in [2.24, 2.45) is 9.98 Å². The van der Waals surface area contributed by atoms with Gasteiger partial charge in [-0.25, -0.2) is 0 Å². The van der Waals surface area contributed by atoms with Gasteiger partial charge in [0.1, 0.15) is 11.5 Å². The summed E-state index contributed by atoms with van der Waals surface area (Å²) in [6.07, 6.45) is 4.88. The highest BCUT2D eigenvalue weighted by molar-refractivity contribution is 6.08. The van der Waals surface area contributed by atoms with Gasteiger partial charge in [0.15, 0.2) is 0 Å². The Kier molecular flexibility index (Phi) is 4.93. The lowest BCUT2D eigenvalue weighted by atomic mass is 9.96. The van der Waals surface area contributed by atoms with Crippen molar-refractivity contribution in [2.75, 3.05) is 27.3 Å². The molecule has 0 amide bonds. The third-order valence-corrected chi connectivity index (χ3v) is 6.96. The average Bonchev–Trinajstić information content (AvgIpc) is 3.42. The van der Waals surface area contributed by atoms with E-state index in [1.165, 1.54) is 44.7 Å². The van der Waals surface area contributed by atoms with Gasteiger partial charge in [-0.05, 0) is 67.5 Å². The molecular formula is C27H28N4O2. The lowest BCUT2D eigenvalue weighted by Gasteiger charge is -2.15. The summed E-state index contributed by atoms with van der Waals surface area (Å²) in [4.78, 5) is 17.0. The third-order valence-electron chi connectivity index (χ3n) is 6.96. The van der Waals surface area contributed by atoms with Gasteiger partial charge >= 0.3 is 0 Å². The van der Waals surface area contributed by atoms with Crippen LogP contribution in [0, 0.1) is 0 Å². The Bertz CT molecular complexity index is 1320. The molecule has 0 unspecified atom stereocenters. The number of aliphatic imine (C=N–C) groups is 2. The molecule has 168 valence electrons. The summed E-state index contributed by atoms with van der Waals surface area (Å²) in [5, 5.41) is 2.57. The molecule has 0 aliphatic carbocycles. The van der Waals surface area contributed by atoms with Crippen LogP contribution in [-0.2, 0) is 12.8 Å². The molecule has 4 heterocycles. The number of hydrogen-bond donors (Lipinski definition) is 2. The molecule has 0 spiro atoms. The highest BCUT2D eigenvalue weighted by Crippen LogP contribution is 2.32. The molecule has 0 radical (unpaired) electrons. The Morgan fingerprint density at radius 2 is 1.21 bits per heavy atom. The van der Waals surface area contributed by atoms with Gasteiger partial charge in [0.25, 0.3) is 0 Å². The second-order valence-corrected chi connectivity index (χ2v) is 8.79. The third kappa shape index (κ3) is 3.41. The maximum atomic E-state index is 5.40. The minimum Gasteiger partial charge on any atom is -0.497 e. The first-order chi connectivity index (χ1) is 16.2. The molecule has 2 aromatic carbocycles. The number of hydrogen-bond acceptors (Lipinski definition) is 4. The van der Waals surface area contributed by atoms with Gasteiger partial charge in [-0.2, -0.15) is 0 Å². The molecule has 2 aliphatic heterocycles. The molecule has 6 heteroatoms. The number of ether oxygens (including phenoxy) is 2. The van der Waals surface area contributed by atoms with E-state index in [1.807, 2.05) is 12.1 Å². The summed E-state index contributed by atoms with van der Waals surface area (Å²) in [5.41, 5.74) is 9.81. The molecule has 33 heavy (non-hydrogen) atoms. The number of H-pyrrole nitrogens is 2. The van der Waals surface area contributed by atoms with Crippen molar-refractivity contribution in [3.05, 3.63) is 58.9 Å². The van der Waals surface area contributed by atoms with Crippen molar-refractivity contribution in [3.8, 4) is 11.5 Å². The van der Waals surface area contributed by atoms with Crippen LogP contribution in [0.2, 0.25) is 0 Å². The summed E-state index contributed by atoms with van der Waals surface area (Å²) in [6, 6.07) is 12.6. The van der Waals surface area contributed by atoms with Crippen molar-refractivity contribution < 1.29 is 9.47 Å². The Hall–Kier alpha value is -3.54. The Balaban J connectivity index is 1.21. The van der Waals surface area contributed by atoms with Gasteiger partial charge in [-0.1, -0.05) is 0 Å². The molecule has 2 aliphatic rings. The second-order valence-electron chi connectivity index (χ2n) is 8.79. The van der Waals surface area contributed by atoms with Gasteiger partial charge in [-0.15, -0.1) is 0 Å². The van der Waals surface area contributed by atoms with Gasteiger partial charge in [0.05, 0.1) is 37.0 Å². The van der Waals surface area contributed by atoms with Crippen LogP contribution < -0.4 is 9.47 Å². The lowest BCUT2D eigenvalue weighted by Crippen LogP contribution is -2.15. The van der Waals surface area contributed by atoms with E-state index in [0.29, 0.717) is 0 Å². The van der Waals surface area contributed by atoms with E-state index in [0.717, 1.165) is 67.7 Å². The van der Waals surface area contributed by atoms with Crippen molar-refractivity contribution in [1.29, 1.82) is 0 Å². The summed E-state index contributed by atoms with van der Waals surface area (Å²) >= 11 is 0. The number of aromatic nitrogens is 2. The zero-order valence-corrected chi connectivity index (χ0v) is 19.1. The monoisotopic (exact) mass is 440 g/mol. The number of benzene rings is 2. The zero-order chi connectivity index (χ0) is 22.4. The van der Waals surface area contributed by atoms with E-state index in [9.17, 15) is 0 Å². The predicted octanol–water partition coefficient (Wildman–Crippen LogP) is 5.23. The highest BCUT2D eigenvalue weighted by Gasteiger charge is 2.22. The number of aromatic amines is 2. The first-order valence-corrected chi connectivity index (χ1v) is 11.7. The minimum absolute atomic E-state index is 0.857. The average molecular weight is 441 g/mol. The van der Waals surface area contributed by atoms with E-state index in [-0.39, 0.29) is 0 Å². The zero-order valence-electron chi connectivity index (χ0n) is 19.1. The van der Waals surface area contributed by atoms with Crippen LogP contribution in [-0.4, -0.2) is 48.7 Å². The second kappa shape index (κ2) is 8.10. The molecule has 6 rings (SSSR count). The van der Waals surface area contributed by atoms with Crippen LogP contribution in [0.3, 0.4) is 0 Å². The molecule has 0 saturated carbocycles. The van der Waals surface area contributed by atoms with Gasteiger partial charge in [-0.3, -0.25) is 9.98 Å². The van der Waals surface area contributed by atoms with Gasteiger partial charge < -0.3 is 19.4 Å². The van der Waals surface area contributed by atoms with E-state index in [2.05, 4.69) is 34.2 Å². The van der Waals surface area contributed by atoms with Crippen LogP contribution in [0.15, 0.2) is 46.4 Å². The minimum atomic E-state index is 0.857. The number of rotatable bonds is 6. The van der Waals surface area contributed by atoms with Crippen LogP contribution >= 0.6 is 0 Å². The maximum Gasteiger partial charge on any atom is 0.120 e. The van der Waals surface area contributed by atoms with Crippen molar-refractivity contribution in [3.63, 3.8) is 0 Å². The standard InChI is InChI=1S/C27H28N4O2/c1-32-16-6-8-18-20-10-12-28-22(26(20)30-24(18)14-16)4-3-5-23-27-21(11-13-29-23)19-9-7-17(33-2)15-25(19)31-27/h6-9,14-15,30-31H,3-5,10-13H2,1-2H3. The maximum absolute atomic E-state index is 5.40. The molecule has 0 bridgehead atoms. The SMILES string of the molecule is COc1ccc2c3c([nH]c2c1)C(CCCC1=NCCc2c1[nH]c1cc(OC)ccc21)=NCC3. The highest BCUT2D eigenvalue weighted by atomic mass is 16.5. The van der Waals surface area contributed by atoms with Crippen molar-refractivity contribution in [1.82, 2.24) is 9.97 Å². The topological polar surface area (TPSA) is 74.8 Å². The fraction of sp³-hybridized carbons (Fsp3) is 0.333. The molecule has 2 N–H and O–H groups in total. The molecule has 2 aromatic heterocycles.